The molecule has 1 saturated carbocycles. The minimum absolute atomic E-state index is 0.101. The molecule has 0 aromatic heterocycles. The highest BCUT2D eigenvalue weighted by molar-refractivity contribution is 5.94. The van der Waals surface area contributed by atoms with Crippen molar-refractivity contribution in [2.45, 2.75) is 19.8 Å². The van der Waals surface area contributed by atoms with Gasteiger partial charge < -0.3 is 10.1 Å². The van der Waals surface area contributed by atoms with Crippen molar-refractivity contribution in [3.05, 3.63) is 29.8 Å². The van der Waals surface area contributed by atoms with E-state index in [0.29, 0.717) is 0 Å². The van der Waals surface area contributed by atoms with E-state index in [9.17, 15) is 4.79 Å². The van der Waals surface area contributed by atoms with Crippen LogP contribution in [0.1, 0.15) is 30.1 Å². The van der Waals surface area contributed by atoms with Crippen LogP contribution in [0.15, 0.2) is 24.3 Å². The molecule has 1 aliphatic rings. The molecule has 3 heteroatoms. The van der Waals surface area contributed by atoms with Crippen LogP contribution in [0.5, 0.6) is 0 Å². The van der Waals surface area contributed by atoms with Crippen LogP contribution in [0.4, 0.5) is 5.69 Å². The molecule has 1 fully saturated rings. The van der Waals surface area contributed by atoms with Crippen molar-refractivity contribution in [2.24, 2.45) is 5.92 Å². The monoisotopic (exact) mass is 233 g/mol. The summed E-state index contributed by atoms with van der Waals surface area (Å²) in [5.74, 6) is 0.925. The smallest absolute Gasteiger partial charge is 0.159 e. The Morgan fingerprint density at radius 2 is 2.06 bits per heavy atom. The number of carbonyl (C=O) groups excluding carboxylic acids is 1. The summed E-state index contributed by atoms with van der Waals surface area (Å²) in [4.78, 5) is 11.1. The number of ether oxygens (including phenoxy) is 1. The Balaban J connectivity index is 1.65. The number of hydrogen-bond donors (Lipinski definition) is 1. The Bertz CT molecular complexity index is 368. The van der Waals surface area contributed by atoms with Crippen LogP contribution in [0, 0.1) is 5.92 Å². The number of ketones is 1. The lowest BCUT2D eigenvalue weighted by Crippen LogP contribution is -2.10. The first kappa shape index (κ1) is 12.1. The molecule has 1 aromatic rings. The van der Waals surface area contributed by atoms with Gasteiger partial charge in [-0.2, -0.15) is 0 Å². The van der Waals surface area contributed by atoms with Gasteiger partial charge in [0.25, 0.3) is 0 Å². The van der Waals surface area contributed by atoms with Crippen molar-refractivity contribution in [3.8, 4) is 0 Å². The third kappa shape index (κ3) is 4.19. The summed E-state index contributed by atoms with van der Waals surface area (Å²) < 4.78 is 5.52. The Labute approximate surface area is 102 Å². The third-order valence-electron chi connectivity index (χ3n) is 2.92. The maximum Gasteiger partial charge on any atom is 0.159 e. The van der Waals surface area contributed by atoms with E-state index < -0.39 is 0 Å². The first-order valence-electron chi connectivity index (χ1n) is 6.18. The summed E-state index contributed by atoms with van der Waals surface area (Å²) >= 11 is 0. The zero-order chi connectivity index (χ0) is 12.1. The van der Waals surface area contributed by atoms with Crippen molar-refractivity contribution in [3.63, 3.8) is 0 Å². The van der Waals surface area contributed by atoms with Gasteiger partial charge in [-0.1, -0.05) is 0 Å². The predicted octanol–water partition coefficient (Wildman–Crippen LogP) is 2.73. The second kappa shape index (κ2) is 5.82. The molecule has 0 saturated heterocycles. The number of hydrogen-bond acceptors (Lipinski definition) is 3. The van der Waals surface area contributed by atoms with E-state index in [1.54, 1.807) is 6.92 Å². The highest BCUT2D eigenvalue weighted by Gasteiger charge is 2.20. The molecule has 0 spiro atoms. The van der Waals surface area contributed by atoms with Crippen LogP contribution in [0.3, 0.4) is 0 Å². The van der Waals surface area contributed by atoms with Crippen LogP contribution < -0.4 is 5.32 Å². The Morgan fingerprint density at radius 1 is 1.35 bits per heavy atom. The van der Waals surface area contributed by atoms with E-state index in [4.69, 9.17) is 4.74 Å². The standard InChI is InChI=1S/C14H19NO2/c1-11(16)13-4-6-14(7-5-13)15-8-9-17-10-12-2-3-12/h4-7,12,15H,2-3,8-10H2,1H3. The van der Waals surface area contributed by atoms with Crippen molar-refractivity contribution in [2.75, 3.05) is 25.1 Å². The number of Topliss-reactive ketones (excluding diaryl/α,β-unsaturated/α-hetero) is 1. The Morgan fingerprint density at radius 3 is 2.65 bits per heavy atom. The van der Waals surface area contributed by atoms with Crippen molar-refractivity contribution < 1.29 is 9.53 Å². The fourth-order valence-electron chi connectivity index (χ4n) is 1.62. The van der Waals surface area contributed by atoms with E-state index in [2.05, 4.69) is 5.32 Å². The second-order valence-corrected chi connectivity index (χ2v) is 4.58. The normalized spacial score (nSPS) is 14.6. The van der Waals surface area contributed by atoms with Gasteiger partial charge in [0.2, 0.25) is 0 Å². The molecular formula is C14H19NO2. The van der Waals surface area contributed by atoms with E-state index in [1.165, 1.54) is 12.8 Å². The lowest BCUT2D eigenvalue weighted by molar-refractivity contribution is 0.101. The van der Waals surface area contributed by atoms with Gasteiger partial charge in [-0.05, 0) is 49.9 Å². The molecule has 0 amide bonds. The molecule has 0 bridgehead atoms. The maximum atomic E-state index is 11.1. The van der Waals surface area contributed by atoms with E-state index in [-0.39, 0.29) is 5.78 Å². The third-order valence-corrected chi connectivity index (χ3v) is 2.92. The minimum Gasteiger partial charge on any atom is -0.383 e. The summed E-state index contributed by atoms with van der Waals surface area (Å²) in [5.41, 5.74) is 1.78. The molecule has 92 valence electrons. The number of anilines is 1. The maximum absolute atomic E-state index is 11.1. The molecule has 0 heterocycles. The van der Waals surface area contributed by atoms with Gasteiger partial charge in [0.1, 0.15) is 0 Å². The summed E-state index contributed by atoms with van der Waals surface area (Å²) in [6, 6.07) is 7.54. The van der Waals surface area contributed by atoms with Crippen molar-refractivity contribution in [1.82, 2.24) is 0 Å². The topological polar surface area (TPSA) is 38.3 Å². The molecule has 2 rings (SSSR count). The van der Waals surface area contributed by atoms with Crippen molar-refractivity contribution >= 4 is 11.5 Å². The fourth-order valence-corrected chi connectivity index (χ4v) is 1.62. The first-order valence-corrected chi connectivity index (χ1v) is 6.18. The minimum atomic E-state index is 0.101. The summed E-state index contributed by atoms with van der Waals surface area (Å²) in [6.07, 6.45) is 2.67. The van der Waals surface area contributed by atoms with Crippen LogP contribution in [-0.2, 0) is 4.74 Å². The van der Waals surface area contributed by atoms with E-state index in [0.717, 1.165) is 36.9 Å². The van der Waals surface area contributed by atoms with Gasteiger partial charge in [-0.25, -0.2) is 0 Å². The fraction of sp³-hybridized carbons (Fsp3) is 0.500. The quantitative estimate of drug-likeness (QED) is 0.581. The molecule has 1 aromatic carbocycles. The molecular weight excluding hydrogens is 214 g/mol. The van der Waals surface area contributed by atoms with Gasteiger partial charge in [-0.3, -0.25) is 4.79 Å². The van der Waals surface area contributed by atoms with E-state index >= 15 is 0 Å². The highest BCUT2D eigenvalue weighted by Crippen LogP contribution is 2.28. The van der Waals surface area contributed by atoms with Crippen LogP contribution in [0.2, 0.25) is 0 Å². The number of carbonyl (C=O) groups is 1. The lowest BCUT2D eigenvalue weighted by Gasteiger charge is -2.07. The average molecular weight is 233 g/mol. The molecule has 0 aliphatic heterocycles. The average Bonchev–Trinajstić information content (AvgIpc) is 3.13. The van der Waals surface area contributed by atoms with Gasteiger partial charge >= 0.3 is 0 Å². The highest BCUT2D eigenvalue weighted by atomic mass is 16.5. The molecule has 17 heavy (non-hydrogen) atoms. The number of rotatable bonds is 7. The molecule has 0 radical (unpaired) electrons. The molecule has 0 atom stereocenters. The van der Waals surface area contributed by atoms with Crippen LogP contribution in [0.25, 0.3) is 0 Å². The van der Waals surface area contributed by atoms with E-state index in [1.807, 2.05) is 24.3 Å². The SMILES string of the molecule is CC(=O)c1ccc(NCCOCC2CC2)cc1. The Kier molecular flexibility index (Phi) is 4.15. The predicted molar refractivity (Wildman–Crippen MR) is 68.5 cm³/mol. The summed E-state index contributed by atoms with van der Waals surface area (Å²) in [7, 11) is 0. The molecule has 0 unspecified atom stereocenters. The molecule has 3 nitrogen and oxygen atoms in total. The number of nitrogens with one attached hydrogen (secondary N) is 1. The van der Waals surface area contributed by atoms with Gasteiger partial charge in [0, 0.05) is 24.4 Å². The van der Waals surface area contributed by atoms with Gasteiger partial charge in [0.05, 0.1) is 6.61 Å². The molecule has 1 N–H and O–H groups in total. The number of benzene rings is 1. The van der Waals surface area contributed by atoms with Gasteiger partial charge in [-0.15, -0.1) is 0 Å². The lowest BCUT2D eigenvalue weighted by atomic mass is 10.1. The molecule has 1 aliphatic carbocycles. The summed E-state index contributed by atoms with van der Waals surface area (Å²) in [6.45, 7) is 4.04. The zero-order valence-corrected chi connectivity index (χ0v) is 10.2. The van der Waals surface area contributed by atoms with Crippen LogP contribution in [-0.4, -0.2) is 25.5 Å². The van der Waals surface area contributed by atoms with Crippen molar-refractivity contribution in [1.29, 1.82) is 0 Å². The van der Waals surface area contributed by atoms with Gasteiger partial charge in [0.15, 0.2) is 5.78 Å². The second-order valence-electron chi connectivity index (χ2n) is 4.58. The first-order chi connectivity index (χ1) is 8.25. The zero-order valence-electron chi connectivity index (χ0n) is 10.2. The Hall–Kier alpha value is -1.35. The van der Waals surface area contributed by atoms with Crippen LogP contribution >= 0.6 is 0 Å². The summed E-state index contributed by atoms with van der Waals surface area (Å²) in [5, 5.41) is 3.27. The largest absolute Gasteiger partial charge is 0.383 e.